The van der Waals surface area contributed by atoms with Gasteiger partial charge in [0.15, 0.2) is 46.0 Å². The van der Waals surface area contributed by atoms with Crippen LogP contribution in [0.15, 0.2) is 72.8 Å². The van der Waals surface area contributed by atoms with Gasteiger partial charge in [-0.1, -0.05) is 24.3 Å². The number of hydrogen-bond acceptors (Lipinski definition) is 14. The molecule has 272 valence electrons. The Hall–Kier alpha value is -6.33. The summed E-state index contributed by atoms with van der Waals surface area (Å²) in [4.78, 5) is 50.9. The highest BCUT2D eigenvalue weighted by Gasteiger charge is 2.46. The van der Waals surface area contributed by atoms with Gasteiger partial charge in [0.25, 0.3) is 0 Å². The molecule has 1 aliphatic heterocycles. The van der Waals surface area contributed by atoms with Gasteiger partial charge in [0.05, 0.1) is 0 Å². The quantitative estimate of drug-likeness (QED) is 0.0437. The molecular formula is C36H30MgO16. The van der Waals surface area contributed by atoms with Crippen molar-refractivity contribution in [2.24, 2.45) is 0 Å². The molecule has 0 spiro atoms. The number of carbonyl (C=O) groups is 4. The van der Waals surface area contributed by atoms with Gasteiger partial charge in [0.1, 0.15) is 12.0 Å². The Bertz CT molecular complexity index is 2090. The second-order valence-corrected chi connectivity index (χ2v) is 11.6. The number of phenolic OH excluding ortho intramolecular Hbond substituents is 7. The Morgan fingerprint density at radius 2 is 1.13 bits per heavy atom. The minimum atomic E-state index is -1.84. The summed E-state index contributed by atoms with van der Waals surface area (Å²) in [6.45, 7) is 0. The fraction of sp³-hybridized carbons (Fsp3) is 0.167. The van der Waals surface area contributed by atoms with E-state index in [0.29, 0.717) is 0 Å². The van der Waals surface area contributed by atoms with Crippen molar-refractivity contribution in [3.05, 3.63) is 101 Å². The number of carbonyl (C=O) groups excluding carboxylic acids is 2. The van der Waals surface area contributed by atoms with Gasteiger partial charge < -0.3 is 60.2 Å². The highest BCUT2D eigenvalue weighted by molar-refractivity contribution is 5.92. The molecule has 4 aromatic carbocycles. The SMILES string of the molecule is O=C(/C=C/c1ccc(O)c2c1[C@H](C(=O)O[C@H](Cc1ccc(O)c(O)c1)C(=O)O)[C@@H](c1ccc(O)c(O)c1)O2)O[C@H](Cc1ccc(O)c(O)c1)C(=O)O.[Mg]. The number of hydrogen-bond donors (Lipinski definition) is 9. The number of phenols is 7. The number of aromatic hydroxyl groups is 7. The number of fused-ring (bicyclic) bond motifs is 1. The molecule has 16 nitrogen and oxygen atoms in total. The van der Waals surface area contributed by atoms with Gasteiger partial charge in [-0.2, -0.15) is 0 Å². The van der Waals surface area contributed by atoms with Gasteiger partial charge in [-0.05, 0) is 70.8 Å². The molecule has 0 saturated carbocycles. The lowest BCUT2D eigenvalue weighted by atomic mass is 9.87. The van der Waals surface area contributed by atoms with Crippen molar-refractivity contribution in [2.75, 3.05) is 0 Å². The summed E-state index contributed by atoms with van der Waals surface area (Å²) in [5.74, 6) is -10.8. The maximum absolute atomic E-state index is 13.9. The maximum atomic E-state index is 13.9. The summed E-state index contributed by atoms with van der Waals surface area (Å²) in [6, 6.07) is 13.0. The Labute approximate surface area is 315 Å². The molecule has 0 unspecified atom stereocenters. The van der Waals surface area contributed by atoms with Gasteiger partial charge in [-0.3, -0.25) is 4.79 Å². The van der Waals surface area contributed by atoms with E-state index in [1.807, 2.05) is 0 Å². The molecule has 0 saturated heterocycles. The minimum absolute atomic E-state index is 0. The van der Waals surface area contributed by atoms with Crippen LogP contribution < -0.4 is 4.74 Å². The van der Waals surface area contributed by atoms with Crippen LogP contribution in [0.1, 0.15) is 39.8 Å². The van der Waals surface area contributed by atoms with Crippen molar-refractivity contribution in [3.8, 4) is 46.0 Å². The van der Waals surface area contributed by atoms with Crippen LogP contribution in [0.3, 0.4) is 0 Å². The average molecular weight is 743 g/mol. The van der Waals surface area contributed by atoms with E-state index in [0.717, 1.165) is 54.6 Å². The standard InChI is InChI=1S/C36H30O16.Mg/c37-20-6-1-16(11-24(20)41)13-27(34(45)46)50-29(44)10-5-18-3-9-23(40)33-30(18)31(32(52-33)19-4-8-22(39)26(43)15-19)36(49)51-28(35(47)48)14-17-2-7-21(38)25(42)12-17;/h1-12,15,27-28,31-32,37-43H,13-14H2,(H,45,46)(H,47,48);/b10-5+;/t27-,28-,31+,32-;/m1./s1. The number of carboxylic acid groups (broad SMARTS) is 2. The van der Waals surface area contributed by atoms with E-state index < -0.39 is 94.8 Å². The summed E-state index contributed by atoms with van der Waals surface area (Å²) in [5, 5.41) is 89.1. The molecule has 2 radical (unpaired) electrons. The molecule has 9 N–H and O–H groups in total. The first kappa shape index (κ1) is 39.5. The second-order valence-electron chi connectivity index (χ2n) is 11.6. The molecule has 4 atom stereocenters. The third-order valence-electron chi connectivity index (χ3n) is 8.04. The van der Waals surface area contributed by atoms with E-state index in [1.54, 1.807) is 0 Å². The summed E-state index contributed by atoms with van der Waals surface area (Å²) >= 11 is 0. The van der Waals surface area contributed by atoms with Crippen LogP contribution >= 0.6 is 0 Å². The summed E-state index contributed by atoms with van der Waals surface area (Å²) in [6.07, 6.45) is -3.85. The number of aliphatic carboxylic acids is 2. The molecule has 1 heterocycles. The first-order chi connectivity index (χ1) is 24.6. The third-order valence-corrected chi connectivity index (χ3v) is 8.04. The van der Waals surface area contributed by atoms with Gasteiger partial charge in [0, 0.05) is 47.5 Å². The van der Waals surface area contributed by atoms with E-state index in [4.69, 9.17) is 14.2 Å². The third kappa shape index (κ3) is 8.94. The lowest BCUT2D eigenvalue weighted by Crippen LogP contribution is -2.33. The van der Waals surface area contributed by atoms with Crippen molar-refractivity contribution in [3.63, 3.8) is 0 Å². The van der Waals surface area contributed by atoms with Crippen LogP contribution in [0, 0.1) is 0 Å². The highest BCUT2D eigenvalue weighted by Crippen LogP contribution is 2.53. The molecule has 5 rings (SSSR count). The summed E-state index contributed by atoms with van der Waals surface area (Å²) in [7, 11) is 0. The van der Waals surface area contributed by atoms with E-state index >= 15 is 0 Å². The molecule has 0 aromatic heterocycles. The molecule has 4 aromatic rings. The molecule has 0 bridgehead atoms. The smallest absolute Gasteiger partial charge is 0.345 e. The topological polar surface area (TPSA) is 278 Å². The largest absolute Gasteiger partial charge is 0.504 e. The molecule has 1 aliphatic rings. The van der Waals surface area contributed by atoms with Crippen LogP contribution in [0.5, 0.6) is 46.0 Å². The highest BCUT2D eigenvalue weighted by atomic mass is 24.3. The van der Waals surface area contributed by atoms with Gasteiger partial charge >= 0.3 is 23.9 Å². The molecule has 0 aliphatic carbocycles. The Balaban J connectivity index is 0.00000627. The fourth-order valence-electron chi connectivity index (χ4n) is 5.49. The first-order valence-corrected chi connectivity index (χ1v) is 15.2. The van der Waals surface area contributed by atoms with Gasteiger partial charge in [-0.15, -0.1) is 0 Å². The second kappa shape index (κ2) is 16.3. The Morgan fingerprint density at radius 3 is 1.64 bits per heavy atom. The minimum Gasteiger partial charge on any atom is -0.504 e. The van der Waals surface area contributed by atoms with E-state index in [9.17, 15) is 65.1 Å². The zero-order valence-corrected chi connectivity index (χ0v) is 28.7. The van der Waals surface area contributed by atoms with Crippen molar-refractivity contribution < 1.29 is 79.3 Å². The predicted molar refractivity (Wildman–Crippen MR) is 181 cm³/mol. The van der Waals surface area contributed by atoms with Crippen LogP contribution in [0.4, 0.5) is 0 Å². The molecule has 0 fully saturated rings. The molecule has 0 amide bonds. The summed E-state index contributed by atoms with van der Waals surface area (Å²) < 4.78 is 16.5. The number of rotatable bonds is 12. The van der Waals surface area contributed by atoms with E-state index in [2.05, 4.69) is 0 Å². The van der Waals surface area contributed by atoms with Crippen molar-refractivity contribution in [1.29, 1.82) is 0 Å². The predicted octanol–water partition coefficient (Wildman–Crippen LogP) is 2.95. The fourth-order valence-corrected chi connectivity index (χ4v) is 5.49. The average Bonchev–Trinajstić information content (AvgIpc) is 3.50. The van der Waals surface area contributed by atoms with Crippen LogP contribution in [-0.4, -0.2) is 105 Å². The lowest BCUT2D eigenvalue weighted by molar-refractivity contribution is -0.166. The van der Waals surface area contributed by atoms with Crippen LogP contribution in [0.2, 0.25) is 0 Å². The lowest BCUT2D eigenvalue weighted by Gasteiger charge is -2.22. The van der Waals surface area contributed by atoms with Gasteiger partial charge in [-0.25, -0.2) is 14.4 Å². The number of carboxylic acids is 2. The number of ether oxygens (including phenoxy) is 3. The maximum Gasteiger partial charge on any atom is 0.345 e. The molecular weight excluding hydrogens is 713 g/mol. The molecule has 53 heavy (non-hydrogen) atoms. The number of esters is 2. The van der Waals surface area contributed by atoms with Crippen molar-refractivity contribution >= 4 is 53.0 Å². The zero-order chi connectivity index (χ0) is 37.9. The van der Waals surface area contributed by atoms with Crippen molar-refractivity contribution in [2.45, 2.75) is 37.1 Å². The van der Waals surface area contributed by atoms with Crippen molar-refractivity contribution in [1.82, 2.24) is 0 Å². The van der Waals surface area contributed by atoms with Gasteiger partial charge in [0.2, 0.25) is 12.2 Å². The number of benzene rings is 4. The normalized spacial score (nSPS) is 15.7. The van der Waals surface area contributed by atoms with E-state index in [1.165, 1.54) is 24.3 Å². The van der Waals surface area contributed by atoms with Crippen LogP contribution in [-0.2, 0) is 41.5 Å². The zero-order valence-electron chi connectivity index (χ0n) is 27.3. The van der Waals surface area contributed by atoms with Crippen LogP contribution in [0.25, 0.3) is 6.08 Å². The Kier molecular flexibility index (Phi) is 12.2. The molecule has 17 heteroatoms. The Morgan fingerprint density at radius 1 is 0.642 bits per heavy atom. The first-order valence-electron chi connectivity index (χ1n) is 15.2. The summed E-state index contributed by atoms with van der Waals surface area (Å²) in [5.41, 5.74) is 0.445. The monoisotopic (exact) mass is 742 g/mol. The van der Waals surface area contributed by atoms with E-state index in [-0.39, 0.29) is 63.0 Å².